The van der Waals surface area contributed by atoms with E-state index in [9.17, 15) is 4.79 Å². The molecular weight excluding hydrogens is 230 g/mol. The van der Waals surface area contributed by atoms with Gasteiger partial charge in [-0.25, -0.2) is 0 Å². The number of benzene rings is 1. The van der Waals surface area contributed by atoms with Gasteiger partial charge in [-0.15, -0.1) is 0 Å². The molecule has 18 heavy (non-hydrogen) atoms. The van der Waals surface area contributed by atoms with Crippen LogP contribution in [-0.2, 0) is 0 Å². The lowest BCUT2D eigenvalue weighted by Crippen LogP contribution is -2.42. The lowest BCUT2D eigenvalue weighted by atomic mass is 10.0. The van der Waals surface area contributed by atoms with Crippen molar-refractivity contribution in [1.82, 2.24) is 5.32 Å². The van der Waals surface area contributed by atoms with Gasteiger partial charge in [0, 0.05) is 17.5 Å². The molecule has 0 aliphatic heterocycles. The molecule has 0 spiro atoms. The maximum atomic E-state index is 12.0. The summed E-state index contributed by atoms with van der Waals surface area (Å²) in [5.74, 6) is 0.0202. The number of amides is 1. The minimum atomic E-state index is -0.113. The van der Waals surface area contributed by atoms with Crippen LogP contribution in [-0.4, -0.2) is 23.0 Å². The summed E-state index contributed by atoms with van der Waals surface area (Å²) in [6.45, 7) is 0. The highest BCUT2D eigenvalue weighted by Crippen LogP contribution is 2.26. The monoisotopic (exact) mass is 247 g/mol. The molecule has 5 nitrogen and oxygen atoms in total. The van der Waals surface area contributed by atoms with Gasteiger partial charge in [-0.1, -0.05) is 29.8 Å². The Balaban J connectivity index is 2.03. The van der Waals surface area contributed by atoms with E-state index in [0.717, 1.165) is 19.3 Å². The number of nitrogens with one attached hydrogen (secondary N) is 1. The number of nitrogens with zero attached hydrogens (tertiary/aromatic N) is 1. The van der Waals surface area contributed by atoms with Crippen molar-refractivity contribution in [3.63, 3.8) is 0 Å². The first-order valence-electron chi connectivity index (χ1n) is 6.05. The fourth-order valence-electron chi connectivity index (χ4n) is 2.40. The molecule has 0 bridgehead atoms. The van der Waals surface area contributed by atoms with E-state index in [2.05, 4.69) is 10.5 Å². The summed E-state index contributed by atoms with van der Waals surface area (Å²) in [6.07, 6.45) is 2.68. The van der Waals surface area contributed by atoms with Gasteiger partial charge in [-0.3, -0.25) is 4.79 Å². The van der Waals surface area contributed by atoms with Crippen LogP contribution in [0, 0.1) is 5.92 Å². The largest absolute Gasteiger partial charge is 0.409 e. The maximum Gasteiger partial charge on any atom is 0.251 e. The van der Waals surface area contributed by atoms with Crippen LogP contribution in [0.5, 0.6) is 0 Å². The first kappa shape index (κ1) is 12.4. The van der Waals surface area contributed by atoms with Gasteiger partial charge in [0.25, 0.3) is 5.91 Å². The Labute approximate surface area is 106 Å². The standard InChI is InChI=1S/C13H17N3O2/c14-12(16-18)10-7-4-8-11(10)15-13(17)9-5-2-1-3-6-9/h1-3,5-6,10-11,18H,4,7-8H2,(H2,14,16)(H,15,17). The molecule has 1 aliphatic rings. The van der Waals surface area contributed by atoms with Gasteiger partial charge >= 0.3 is 0 Å². The zero-order valence-electron chi connectivity index (χ0n) is 10.0. The second-order valence-corrected chi connectivity index (χ2v) is 4.51. The van der Waals surface area contributed by atoms with Crippen molar-refractivity contribution in [2.24, 2.45) is 16.8 Å². The number of oxime groups is 1. The number of nitrogens with two attached hydrogens (primary N) is 1. The zero-order chi connectivity index (χ0) is 13.0. The topological polar surface area (TPSA) is 87.7 Å². The van der Waals surface area contributed by atoms with Gasteiger partial charge in [-0.2, -0.15) is 0 Å². The molecule has 4 N–H and O–H groups in total. The van der Waals surface area contributed by atoms with Crippen molar-refractivity contribution in [2.45, 2.75) is 25.3 Å². The van der Waals surface area contributed by atoms with E-state index in [1.807, 2.05) is 18.2 Å². The Hall–Kier alpha value is -2.04. The molecule has 1 aromatic rings. The number of carbonyl (C=O) groups is 1. The molecule has 2 atom stereocenters. The summed E-state index contributed by atoms with van der Waals surface area (Å²) >= 11 is 0. The van der Waals surface area contributed by atoms with E-state index < -0.39 is 0 Å². The summed E-state index contributed by atoms with van der Waals surface area (Å²) in [7, 11) is 0. The number of amidine groups is 1. The van der Waals surface area contributed by atoms with E-state index in [0.29, 0.717) is 5.56 Å². The highest BCUT2D eigenvalue weighted by Gasteiger charge is 2.31. The molecular formula is C13H17N3O2. The highest BCUT2D eigenvalue weighted by atomic mass is 16.4. The second kappa shape index (κ2) is 5.53. The molecule has 1 fully saturated rings. The van der Waals surface area contributed by atoms with Crippen LogP contribution in [0.3, 0.4) is 0 Å². The summed E-state index contributed by atoms with van der Waals surface area (Å²) in [4.78, 5) is 12.0. The molecule has 1 aromatic carbocycles. The Bertz CT molecular complexity index is 445. The van der Waals surface area contributed by atoms with E-state index in [-0.39, 0.29) is 23.7 Å². The molecule has 1 saturated carbocycles. The predicted octanol–water partition coefficient (Wildman–Crippen LogP) is 1.33. The predicted molar refractivity (Wildman–Crippen MR) is 68.4 cm³/mol. The van der Waals surface area contributed by atoms with Crippen LogP contribution in [0.1, 0.15) is 29.6 Å². The second-order valence-electron chi connectivity index (χ2n) is 4.51. The smallest absolute Gasteiger partial charge is 0.251 e. The van der Waals surface area contributed by atoms with Gasteiger partial charge in [0.1, 0.15) is 5.84 Å². The molecule has 0 radical (unpaired) electrons. The van der Waals surface area contributed by atoms with Gasteiger partial charge in [0.15, 0.2) is 0 Å². The third kappa shape index (κ3) is 2.61. The Kier molecular flexibility index (Phi) is 3.82. The molecule has 96 valence electrons. The zero-order valence-corrected chi connectivity index (χ0v) is 10.0. The van der Waals surface area contributed by atoms with Crippen molar-refractivity contribution >= 4 is 11.7 Å². The van der Waals surface area contributed by atoms with Crippen LogP contribution in [0.4, 0.5) is 0 Å². The normalized spacial score (nSPS) is 23.9. The number of carbonyl (C=O) groups excluding carboxylic acids is 1. The first-order chi connectivity index (χ1) is 8.72. The first-order valence-corrected chi connectivity index (χ1v) is 6.05. The summed E-state index contributed by atoms with van der Waals surface area (Å²) in [5.41, 5.74) is 6.26. The molecule has 0 heterocycles. The molecule has 2 rings (SSSR count). The molecule has 2 unspecified atom stereocenters. The summed E-state index contributed by atoms with van der Waals surface area (Å²) in [6, 6.07) is 9.00. The van der Waals surface area contributed by atoms with Crippen LogP contribution in [0.25, 0.3) is 0 Å². The minimum Gasteiger partial charge on any atom is -0.409 e. The quantitative estimate of drug-likeness (QED) is 0.326. The average Bonchev–Trinajstić information content (AvgIpc) is 2.87. The molecule has 0 saturated heterocycles. The van der Waals surface area contributed by atoms with Crippen molar-refractivity contribution < 1.29 is 10.0 Å². The van der Waals surface area contributed by atoms with Crippen molar-refractivity contribution in [1.29, 1.82) is 0 Å². The van der Waals surface area contributed by atoms with Crippen LogP contribution in [0.15, 0.2) is 35.5 Å². The summed E-state index contributed by atoms with van der Waals surface area (Å²) in [5, 5.41) is 14.7. The maximum absolute atomic E-state index is 12.0. The van der Waals surface area contributed by atoms with Crippen LogP contribution >= 0.6 is 0 Å². The van der Waals surface area contributed by atoms with Gasteiger partial charge in [0.05, 0.1) is 0 Å². The number of hydrogen-bond donors (Lipinski definition) is 3. The van der Waals surface area contributed by atoms with E-state index in [1.165, 1.54) is 0 Å². The lowest BCUT2D eigenvalue weighted by Gasteiger charge is -2.19. The lowest BCUT2D eigenvalue weighted by molar-refractivity contribution is 0.0933. The molecule has 1 aliphatic carbocycles. The minimum absolute atomic E-state index is 0.0476. The molecule has 1 amide bonds. The van der Waals surface area contributed by atoms with Gasteiger partial charge < -0.3 is 16.3 Å². The highest BCUT2D eigenvalue weighted by molar-refractivity contribution is 5.95. The third-order valence-electron chi connectivity index (χ3n) is 3.36. The van der Waals surface area contributed by atoms with Crippen molar-refractivity contribution in [3.05, 3.63) is 35.9 Å². The van der Waals surface area contributed by atoms with Gasteiger partial charge in [-0.05, 0) is 25.0 Å². The number of rotatable bonds is 3. The Morgan fingerprint density at radius 2 is 2.06 bits per heavy atom. The Morgan fingerprint density at radius 1 is 1.33 bits per heavy atom. The fourth-order valence-corrected chi connectivity index (χ4v) is 2.40. The SMILES string of the molecule is NC(=NO)C1CCCC1NC(=O)c1ccccc1. The van der Waals surface area contributed by atoms with Crippen molar-refractivity contribution in [2.75, 3.05) is 0 Å². The average molecular weight is 247 g/mol. The van der Waals surface area contributed by atoms with Crippen LogP contribution in [0.2, 0.25) is 0 Å². The van der Waals surface area contributed by atoms with E-state index >= 15 is 0 Å². The van der Waals surface area contributed by atoms with E-state index in [1.54, 1.807) is 12.1 Å². The Morgan fingerprint density at radius 3 is 2.72 bits per heavy atom. The molecule has 5 heteroatoms. The van der Waals surface area contributed by atoms with E-state index in [4.69, 9.17) is 10.9 Å². The van der Waals surface area contributed by atoms with Gasteiger partial charge in [0.2, 0.25) is 0 Å². The summed E-state index contributed by atoms with van der Waals surface area (Å²) < 4.78 is 0. The third-order valence-corrected chi connectivity index (χ3v) is 3.36. The number of hydrogen-bond acceptors (Lipinski definition) is 3. The van der Waals surface area contributed by atoms with Crippen molar-refractivity contribution in [3.8, 4) is 0 Å². The fraction of sp³-hybridized carbons (Fsp3) is 0.385. The molecule has 0 aromatic heterocycles. The van der Waals surface area contributed by atoms with Crippen LogP contribution < -0.4 is 11.1 Å².